The normalized spacial score (nSPS) is 0. The fourth-order valence-corrected chi connectivity index (χ4v) is 0. The van der Waals surface area contributed by atoms with Crippen LogP contribution in [0.5, 0.6) is 0 Å². The van der Waals surface area contributed by atoms with E-state index in [2.05, 4.69) is 0 Å². The van der Waals surface area contributed by atoms with Crippen LogP contribution in [0.15, 0.2) is 0 Å². The summed E-state index contributed by atoms with van der Waals surface area (Å²) in [6, 6.07) is 0. The molecule has 0 aromatic rings. The van der Waals surface area contributed by atoms with Crippen LogP contribution in [0.25, 0.3) is 0 Å². The van der Waals surface area contributed by atoms with Gasteiger partial charge < -0.3 is 2.85 Å². The Labute approximate surface area is 136 Å². The fraction of sp³-hybridized carbons (Fsp3) is 1.00. The van der Waals surface area contributed by atoms with Gasteiger partial charge in [0, 0.05) is 106 Å². The molecule has 0 aromatic heterocycles. The predicted octanol–water partition coefficient (Wildman–Crippen LogP) is 0.468. The molecule has 0 amide bonds. The van der Waals surface area contributed by atoms with Gasteiger partial charge in [0.1, 0.15) is 0 Å². The van der Waals surface area contributed by atoms with Crippen molar-refractivity contribution in [1.29, 1.82) is 0 Å². The summed E-state index contributed by atoms with van der Waals surface area (Å²) in [5.74, 6) is 0. The van der Waals surface area contributed by atoms with Gasteiger partial charge in [-0.1, -0.05) is 7.43 Å². The van der Waals surface area contributed by atoms with Crippen molar-refractivity contribution < 1.29 is 108 Å². The van der Waals surface area contributed by atoms with E-state index in [9.17, 15) is 0 Å². The Morgan fingerprint density at radius 1 is 1.14 bits per heavy atom. The van der Waals surface area contributed by atoms with Gasteiger partial charge in [-0.05, 0) is 0 Å². The second-order valence-corrected chi connectivity index (χ2v) is 0. The molecule has 0 aromatic carbocycles. The quantitative estimate of drug-likeness (QED) is 0.521. The summed E-state index contributed by atoms with van der Waals surface area (Å²) in [6.45, 7) is 0. The molecule has 0 rings (SSSR count). The smallest absolute Gasteiger partial charge is 1.00 e. The molecule has 0 aliphatic heterocycles. The van der Waals surface area contributed by atoms with Gasteiger partial charge in [0.25, 0.3) is 0 Å². The maximum Gasteiger partial charge on any atom is 2.00 e. The average Bonchev–Trinajstić information content (AvgIpc) is 0. The van der Waals surface area contributed by atoms with Gasteiger partial charge >= 0.3 is 23.1 Å². The molecule has 0 aliphatic carbocycles. The minimum absolute atomic E-state index is 0. The summed E-state index contributed by atoms with van der Waals surface area (Å²) in [7, 11) is 0. The summed E-state index contributed by atoms with van der Waals surface area (Å²) < 4.78 is 0. The number of hydrogen-bond acceptors (Lipinski definition) is 0. The predicted molar refractivity (Wildman–Crippen MR) is 14.7 cm³/mol. The molecule has 0 atom stereocenters. The molecule has 0 radical (unpaired) electrons. The van der Waals surface area contributed by atoms with E-state index in [1.807, 2.05) is 0 Å². The molecule has 0 nitrogen and oxygen atoms in total. The Morgan fingerprint density at radius 2 is 1.14 bits per heavy atom. The molecular weight excluding hydrogens is 393 g/mol. The van der Waals surface area contributed by atoms with Crippen LogP contribution < -0.4 is 0 Å². The third-order valence-corrected chi connectivity index (χ3v) is 0. The van der Waals surface area contributed by atoms with Crippen molar-refractivity contribution in [1.82, 2.24) is 0 Å². The van der Waals surface area contributed by atoms with Crippen LogP contribution in [0.3, 0.4) is 0 Å². The van der Waals surface area contributed by atoms with Crippen molar-refractivity contribution in [3.8, 4) is 0 Å². The second-order valence-electron chi connectivity index (χ2n) is 0. The van der Waals surface area contributed by atoms with Crippen molar-refractivity contribution >= 4 is 23.1 Å². The van der Waals surface area contributed by atoms with Crippen LogP contribution in [-0.2, 0) is 106 Å². The van der Waals surface area contributed by atoms with Gasteiger partial charge in [0.15, 0.2) is 0 Å². The maximum absolute atomic E-state index is 0. The summed E-state index contributed by atoms with van der Waals surface area (Å²) in [6.07, 6.45) is 0. The van der Waals surface area contributed by atoms with E-state index in [1.165, 1.54) is 0 Å². The van der Waals surface area contributed by atoms with Gasteiger partial charge in [0.2, 0.25) is 0 Å². The van der Waals surface area contributed by atoms with Crippen molar-refractivity contribution in [3.05, 3.63) is 0 Å². The van der Waals surface area contributed by atoms with Gasteiger partial charge in [-0.15, -0.1) is 0 Å². The minimum atomic E-state index is 0. The molecule has 7 heavy (non-hydrogen) atoms. The van der Waals surface area contributed by atoms with E-state index in [0.717, 1.165) is 0 Å². The van der Waals surface area contributed by atoms with E-state index < -0.39 is 0 Å². The maximum atomic E-state index is 0. The van der Waals surface area contributed by atoms with Crippen LogP contribution in [0, 0.1) is 0 Å². The second kappa shape index (κ2) is 49.0. The molecule has 0 bridgehead atoms. The zero-order chi connectivity index (χ0) is 0. The van der Waals surface area contributed by atoms with Gasteiger partial charge in [-0.3, -0.25) is 0 Å². The standard InChI is InChI=1S/CH4.Fe.Mg.Mo.Ti.Zn.Zr.2H/h1H4;;;;;;;;/q;;+2;;;;;2*-1. The fourth-order valence-electron chi connectivity index (χ4n) is 0. The SMILES string of the molecule is C.[Fe].[H-].[H-].[Mg+2].[Mo].[Ti].[Zn].[Zr]. The first-order valence-corrected chi connectivity index (χ1v) is 0. The molecule has 0 fully saturated rings. The van der Waals surface area contributed by atoms with Gasteiger partial charge in [0.05, 0.1) is 0 Å². The molecule has 0 unspecified atom stereocenters. The number of hydrogen-bond donors (Lipinski definition) is 0. The summed E-state index contributed by atoms with van der Waals surface area (Å²) in [4.78, 5) is 0. The molecule has 6 heteroatoms. The van der Waals surface area contributed by atoms with Crippen LogP contribution in [-0.4, -0.2) is 23.1 Å². The third kappa shape index (κ3) is 38.9. The molecule has 0 N–H and O–H groups in total. The minimum Gasteiger partial charge on any atom is -1.00 e. The first-order chi connectivity index (χ1) is 0. The Balaban J connectivity index is 0. The monoisotopic (exact) mass is 398 g/mol. The van der Waals surface area contributed by atoms with E-state index in [0.29, 0.717) is 0 Å². The first-order valence-electron chi connectivity index (χ1n) is 0. The van der Waals surface area contributed by atoms with E-state index in [1.54, 1.807) is 0 Å². The van der Waals surface area contributed by atoms with Crippen LogP contribution in [0.4, 0.5) is 0 Å². The summed E-state index contributed by atoms with van der Waals surface area (Å²) in [5.41, 5.74) is 0. The van der Waals surface area contributed by atoms with Crippen molar-refractivity contribution in [3.63, 3.8) is 0 Å². The molecule has 36 valence electrons. The van der Waals surface area contributed by atoms with E-state index in [4.69, 9.17) is 0 Å². The van der Waals surface area contributed by atoms with Crippen molar-refractivity contribution in [2.24, 2.45) is 0 Å². The molecule has 0 spiro atoms. The first kappa shape index (κ1) is 66.1. The van der Waals surface area contributed by atoms with Crippen molar-refractivity contribution in [2.45, 2.75) is 7.43 Å². The summed E-state index contributed by atoms with van der Waals surface area (Å²) >= 11 is 0. The topological polar surface area (TPSA) is 0 Å². The third-order valence-electron chi connectivity index (χ3n) is 0. The zero-order valence-electron chi connectivity index (χ0n) is 5.18. The summed E-state index contributed by atoms with van der Waals surface area (Å²) in [5, 5.41) is 0. The molecule has 0 heterocycles. The van der Waals surface area contributed by atoms with Crippen LogP contribution in [0.1, 0.15) is 10.3 Å². The Hall–Kier alpha value is 4.19. The molecule has 0 aliphatic rings. The average molecular weight is 399 g/mol. The van der Waals surface area contributed by atoms with E-state index >= 15 is 0 Å². The van der Waals surface area contributed by atoms with Crippen LogP contribution >= 0.6 is 0 Å². The number of rotatable bonds is 0. The van der Waals surface area contributed by atoms with Gasteiger partial charge in [-0.25, -0.2) is 0 Å². The zero-order valence-corrected chi connectivity index (χ0v) is 14.7. The molecule has 0 saturated carbocycles. The van der Waals surface area contributed by atoms with E-state index in [-0.39, 0.29) is 139 Å². The molecule has 0 saturated heterocycles. The molecular formula is CH6FeMgMoTiZnZr. The van der Waals surface area contributed by atoms with Crippen molar-refractivity contribution in [2.75, 3.05) is 0 Å². The van der Waals surface area contributed by atoms with Crippen LogP contribution in [0.2, 0.25) is 0 Å². The Morgan fingerprint density at radius 3 is 1.14 bits per heavy atom. The Kier molecular flexibility index (Phi) is 463. The van der Waals surface area contributed by atoms with Gasteiger partial charge in [-0.2, -0.15) is 0 Å². The Bertz CT molecular complexity index is 26.5. The largest absolute Gasteiger partial charge is 2.00 e.